The van der Waals surface area contributed by atoms with Crippen molar-refractivity contribution in [2.75, 3.05) is 12.4 Å². The minimum Gasteiger partial charge on any atom is -0.507 e. The van der Waals surface area contributed by atoms with E-state index in [4.69, 9.17) is 4.74 Å². The van der Waals surface area contributed by atoms with Crippen LogP contribution in [0, 0.1) is 13.8 Å². The molecule has 2 amide bonds. The van der Waals surface area contributed by atoms with Crippen LogP contribution in [0.2, 0.25) is 0 Å². The Labute approximate surface area is 158 Å². The number of hydrazone groups is 1. The number of amides is 2. The molecule has 0 aliphatic carbocycles. The Morgan fingerprint density at radius 3 is 2.63 bits per heavy atom. The maximum absolute atomic E-state index is 12.2. The fourth-order valence-corrected chi connectivity index (χ4v) is 2.43. The second-order valence-corrected chi connectivity index (χ2v) is 6.19. The normalized spacial score (nSPS) is 11.0. The number of para-hydroxylation sites is 1. The van der Waals surface area contributed by atoms with Gasteiger partial charge in [0, 0.05) is 5.71 Å². The van der Waals surface area contributed by atoms with Gasteiger partial charge in [0.15, 0.2) is 0 Å². The number of hydrogen-bond acceptors (Lipinski definition) is 5. The van der Waals surface area contributed by atoms with Crippen LogP contribution < -0.4 is 15.5 Å². The smallest absolute Gasteiger partial charge is 0.275 e. The van der Waals surface area contributed by atoms with E-state index in [-0.39, 0.29) is 23.6 Å². The van der Waals surface area contributed by atoms with Crippen molar-refractivity contribution in [2.45, 2.75) is 27.2 Å². The third-order valence-electron chi connectivity index (χ3n) is 3.88. The lowest BCUT2D eigenvalue weighted by Crippen LogP contribution is -2.21. The second kappa shape index (κ2) is 8.84. The van der Waals surface area contributed by atoms with Gasteiger partial charge in [0.1, 0.15) is 11.5 Å². The average Bonchev–Trinajstić information content (AvgIpc) is 2.62. The zero-order valence-corrected chi connectivity index (χ0v) is 15.8. The molecule has 142 valence electrons. The van der Waals surface area contributed by atoms with Crippen molar-refractivity contribution < 1.29 is 19.4 Å². The van der Waals surface area contributed by atoms with Crippen LogP contribution in [0.15, 0.2) is 41.5 Å². The zero-order chi connectivity index (χ0) is 20.0. The quantitative estimate of drug-likeness (QED) is 0.538. The van der Waals surface area contributed by atoms with Crippen LogP contribution in [0.5, 0.6) is 11.5 Å². The van der Waals surface area contributed by atoms with Crippen LogP contribution in [0.3, 0.4) is 0 Å². The summed E-state index contributed by atoms with van der Waals surface area (Å²) in [6, 6.07) is 10.3. The Kier molecular flexibility index (Phi) is 6.54. The number of nitrogens with one attached hydrogen (secondary N) is 2. The number of methoxy groups -OCH3 is 1. The molecule has 0 radical (unpaired) electrons. The number of hydrogen-bond donors (Lipinski definition) is 3. The summed E-state index contributed by atoms with van der Waals surface area (Å²) in [6.07, 6.45) is -0.00280. The number of aryl methyl sites for hydroxylation is 2. The topological polar surface area (TPSA) is 100 Å². The van der Waals surface area contributed by atoms with E-state index in [1.54, 1.807) is 32.0 Å². The molecule has 0 aromatic heterocycles. The van der Waals surface area contributed by atoms with Crippen LogP contribution in [0.4, 0.5) is 5.69 Å². The SMILES string of the molecule is COc1ccc(C)cc1NC(=O)CC(C)=NNC(=O)c1cccc(C)c1O. The summed E-state index contributed by atoms with van der Waals surface area (Å²) in [5.74, 6) is -0.358. The Morgan fingerprint density at radius 2 is 1.93 bits per heavy atom. The van der Waals surface area contributed by atoms with Gasteiger partial charge in [-0.15, -0.1) is 0 Å². The maximum Gasteiger partial charge on any atom is 0.275 e. The summed E-state index contributed by atoms with van der Waals surface area (Å²) in [6.45, 7) is 5.24. The van der Waals surface area contributed by atoms with Crippen molar-refractivity contribution in [3.63, 3.8) is 0 Å². The van der Waals surface area contributed by atoms with Gasteiger partial charge in [-0.05, 0) is 50.1 Å². The fraction of sp³-hybridized carbons (Fsp3) is 0.250. The van der Waals surface area contributed by atoms with E-state index >= 15 is 0 Å². The van der Waals surface area contributed by atoms with Gasteiger partial charge in [0.2, 0.25) is 5.91 Å². The summed E-state index contributed by atoms with van der Waals surface area (Å²) < 4.78 is 5.23. The lowest BCUT2D eigenvalue weighted by molar-refractivity contribution is -0.115. The lowest BCUT2D eigenvalue weighted by atomic mass is 10.1. The summed E-state index contributed by atoms with van der Waals surface area (Å²) in [4.78, 5) is 24.3. The van der Waals surface area contributed by atoms with E-state index in [9.17, 15) is 14.7 Å². The van der Waals surface area contributed by atoms with Crippen LogP contribution >= 0.6 is 0 Å². The number of anilines is 1. The van der Waals surface area contributed by atoms with Gasteiger partial charge in [-0.3, -0.25) is 9.59 Å². The summed E-state index contributed by atoms with van der Waals surface area (Å²) in [5.41, 5.74) is 5.05. The van der Waals surface area contributed by atoms with E-state index in [0.29, 0.717) is 22.7 Å². The largest absolute Gasteiger partial charge is 0.507 e. The number of phenols is 1. The van der Waals surface area contributed by atoms with E-state index in [2.05, 4.69) is 15.8 Å². The van der Waals surface area contributed by atoms with E-state index in [1.807, 2.05) is 19.1 Å². The van der Waals surface area contributed by atoms with Gasteiger partial charge in [0.25, 0.3) is 5.91 Å². The molecule has 0 saturated heterocycles. The molecule has 0 aliphatic heterocycles. The standard InChI is InChI=1S/C20H23N3O4/c1-12-8-9-17(27-4)16(10-12)21-18(24)11-14(3)22-23-20(26)15-7-5-6-13(2)19(15)25/h5-10,25H,11H2,1-4H3,(H,21,24)(H,23,26). The molecule has 0 fully saturated rings. The maximum atomic E-state index is 12.2. The highest BCUT2D eigenvalue weighted by atomic mass is 16.5. The molecular formula is C20H23N3O4. The summed E-state index contributed by atoms with van der Waals surface area (Å²) in [7, 11) is 1.53. The van der Waals surface area contributed by atoms with Crippen LogP contribution in [-0.2, 0) is 4.79 Å². The van der Waals surface area contributed by atoms with E-state index in [0.717, 1.165) is 5.56 Å². The molecule has 0 unspecified atom stereocenters. The monoisotopic (exact) mass is 369 g/mol. The van der Waals surface area contributed by atoms with Crippen LogP contribution in [0.25, 0.3) is 0 Å². The molecule has 2 aromatic carbocycles. The highest BCUT2D eigenvalue weighted by Crippen LogP contribution is 2.25. The Morgan fingerprint density at radius 1 is 1.19 bits per heavy atom. The predicted molar refractivity (Wildman–Crippen MR) is 104 cm³/mol. The Balaban J connectivity index is 1.99. The van der Waals surface area contributed by atoms with Crippen molar-refractivity contribution in [3.8, 4) is 11.5 Å². The lowest BCUT2D eigenvalue weighted by Gasteiger charge is -2.11. The van der Waals surface area contributed by atoms with Gasteiger partial charge < -0.3 is 15.2 Å². The van der Waals surface area contributed by atoms with Gasteiger partial charge in [0.05, 0.1) is 24.8 Å². The first-order chi connectivity index (χ1) is 12.8. The first kappa shape index (κ1) is 20.0. The highest BCUT2D eigenvalue weighted by molar-refractivity contribution is 6.06. The average molecular weight is 369 g/mol. The first-order valence-electron chi connectivity index (χ1n) is 8.38. The predicted octanol–water partition coefficient (Wildman–Crippen LogP) is 3.15. The van der Waals surface area contributed by atoms with E-state index < -0.39 is 5.91 Å². The molecule has 0 saturated carbocycles. The molecule has 0 bridgehead atoms. The molecule has 0 aliphatic rings. The number of carbonyl (C=O) groups is 2. The number of carbonyl (C=O) groups excluding carboxylic acids is 2. The highest BCUT2D eigenvalue weighted by Gasteiger charge is 2.13. The van der Waals surface area contributed by atoms with Crippen LogP contribution in [0.1, 0.15) is 34.8 Å². The third kappa shape index (κ3) is 5.31. The van der Waals surface area contributed by atoms with Crippen molar-refractivity contribution in [1.82, 2.24) is 5.43 Å². The number of ether oxygens (including phenoxy) is 1. The van der Waals surface area contributed by atoms with Crippen molar-refractivity contribution in [1.29, 1.82) is 0 Å². The molecule has 7 nitrogen and oxygen atoms in total. The molecule has 3 N–H and O–H groups in total. The van der Waals surface area contributed by atoms with Gasteiger partial charge >= 0.3 is 0 Å². The molecule has 2 aromatic rings. The molecular weight excluding hydrogens is 346 g/mol. The molecule has 0 spiro atoms. The third-order valence-corrected chi connectivity index (χ3v) is 3.88. The molecule has 7 heteroatoms. The number of benzene rings is 2. The molecule has 27 heavy (non-hydrogen) atoms. The summed E-state index contributed by atoms with van der Waals surface area (Å²) in [5, 5.41) is 16.6. The van der Waals surface area contributed by atoms with Gasteiger partial charge in [-0.1, -0.05) is 18.2 Å². The summed E-state index contributed by atoms with van der Waals surface area (Å²) >= 11 is 0. The number of aromatic hydroxyl groups is 1. The van der Waals surface area contributed by atoms with Crippen molar-refractivity contribution >= 4 is 23.2 Å². The molecule has 0 atom stereocenters. The minimum atomic E-state index is -0.545. The van der Waals surface area contributed by atoms with E-state index in [1.165, 1.54) is 13.2 Å². The number of rotatable bonds is 6. The minimum absolute atomic E-state index is 0.00280. The van der Waals surface area contributed by atoms with Gasteiger partial charge in [-0.25, -0.2) is 5.43 Å². The van der Waals surface area contributed by atoms with Crippen molar-refractivity contribution in [2.24, 2.45) is 5.10 Å². The number of nitrogens with zero attached hydrogens (tertiary/aromatic N) is 1. The molecule has 2 rings (SSSR count). The number of phenolic OH excluding ortho intramolecular Hbond substituents is 1. The van der Waals surface area contributed by atoms with Crippen molar-refractivity contribution in [3.05, 3.63) is 53.1 Å². The van der Waals surface area contributed by atoms with Gasteiger partial charge in [-0.2, -0.15) is 5.10 Å². The second-order valence-electron chi connectivity index (χ2n) is 6.19. The van der Waals surface area contributed by atoms with Crippen LogP contribution in [-0.4, -0.2) is 29.7 Å². The first-order valence-corrected chi connectivity index (χ1v) is 8.38. The Hall–Kier alpha value is -3.35. The molecule has 0 heterocycles. The fourth-order valence-electron chi connectivity index (χ4n) is 2.43. The Bertz CT molecular complexity index is 891. The zero-order valence-electron chi connectivity index (χ0n) is 15.8.